The largest absolute Gasteiger partial charge is 0.494 e. The summed E-state index contributed by atoms with van der Waals surface area (Å²) >= 11 is 1.63. The summed E-state index contributed by atoms with van der Waals surface area (Å²) < 4.78 is 10.4. The molecule has 0 aliphatic rings. The van der Waals surface area contributed by atoms with Crippen LogP contribution in [-0.2, 0) is 9.53 Å². The molecule has 9 nitrogen and oxygen atoms in total. The first kappa shape index (κ1) is 31.7. The fraction of sp³-hybridized carbons (Fsp3) is 0.407. The van der Waals surface area contributed by atoms with E-state index in [2.05, 4.69) is 37.0 Å². The molecule has 202 valence electrons. The van der Waals surface area contributed by atoms with Gasteiger partial charge < -0.3 is 25.0 Å². The quantitative estimate of drug-likeness (QED) is 0.163. The van der Waals surface area contributed by atoms with E-state index in [9.17, 15) is 9.59 Å². The van der Waals surface area contributed by atoms with Crippen LogP contribution in [0.4, 0.5) is 5.69 Å². The van der Waals surface area contributed by atoms with Crippen molar-refractivity contribution < 1.29 is 19.1 Å². The number of nitrogens with zero attached hydrogens (tertiary/aromatic N) is 3. The Hall–Kier alpha value is -3.37. The van der Waals surface area contributed by atoms with Crippen LogP contribution in [0.25, 0.3) is 5.70 Å². The predicted molar refractivity (Wildman–Crippen MR) is 154 cm³/mol. The molecule has 10 heteroatoms. The lowest BCUT2D eigenvalue weighted by atomic mass is 10.1. The van der Waals surface area contributed by atoms with Crippen LogP contribution >= 0.6 is 11.8 Å². The average molecular weight is 530 g/mol. The van der Waals surface area contributed by atoms with Crippen molar-refractivity contribution in [2.24, 2.45) is 4.99 Å². The van der Waals surface area contributed by atoms with Crippen LogP contribution in [0.5, 0.6) is 5.75 Å². The van der Waals surface area contributed by atoms with Crippen molar-refractivity contribution in [3.63, 3.8) is 0 Å². The molecule has 0 aliphatic heterocycles. The van der Waals surface area contributed by atoms with E-state index in [1.54, 1.807) is 31.1 Å². The molecule has 0 fully saturated rings. The minimum Gasteiger partial charge on any atom is -0.494 e. The molecule has 1 aromatic carbocycles. The smallest absolute Gasteiger partial charge is 0.245 e. The van der Waals surface area contributed by atoms with Gasteiger partial charge in [0.1, 0.15) is 12.4 Å². The number of aliphatic imine (C=N–C) groups is 1. The lowest BCUT2D eigenvalue weighted by Gasteiger charge is -2.25. The molecule has 0 radical (unpaired) electrons. The molecule has 0 atom stereocenters. The highest BCUT2D eigenvalue weighted by Gasteiger charge is 2.15. The maximum Gasteiger partial charge on any atom is 0.245 e. The number of aldehydes is 1. The Bertz CT molecular complexity index is 1010. The van der Waals surface area contributed by atoms with Crippen molar-refractivity contribution in [3.8, 4) is 5.75 Å². The minimum absolute atomic E-state index is 0.0788. The van der Waals surface area contributed by atoms with Gasteiger partial charge in [0.2, 0.25) is 5.91 Å². The van der Waals surface area contributed by atoms with Gasteiger partial charge in [-0.1, -0.05) is 0 Å². The maximum absolute atomic E-state index is 11.5. The molecule has 2 rings (SSSR count). The first-order valence-corrected chi connectivity index (χ1v) is 13.2. The molecule has 37 heavy (non-hydrogen) atoms. The van der Waals surface area contributed by atoms with Crippen molar-refractivity contribution >= 4 is 41.7 Å². The summed E-state index contributed by atoms with van der Waals surface area (Å²) in [7, 11) is 5.16. The summed E-state index contributed by atoms with van der Waals surface area (Å²) in [5.74, 6) is 0.720. The monoisotopic (exact) mass is 529 g/mol. The Morgan fingerprint density at radius 3 is 2.62 bits per heavy atom. The third-order valence-electron chi connectivity index (χ3n) is 4.88. The molecule has 0 saturated heterocycles. The van der Waals surface area contributed by atoms with Crippen molar-refractivity contribution in [1.29, 1.82) is 0 Å². The Labute approximate surface area is 224 Å². The normalized spacial score (nSPS) is 10.9. The molecular weight excluding hydrogens is 490 g/mol. The molecule has 0 bridgehead atoms. The van der Waals surface area contributed by atoms with Gasteiger partial charge in [-0.2, -0.15) is 0 Å². The van der Waals surface area contributed by atoms with Crippen LogP contribution in [0, 0.1) is 6.92 Å². The molecule has 0 aliphatic carbocycles. The number of thioether (sulfide) groups is 1. The van der Waals surface area contributed by atoms with Crippen LogP contribution in [0.2, 0.25) is 0 Å². The summed E-state index contributed by atoms with van der Waals surface area (Å²) in [4.78, 5) is 31.8. The van der Waals surface area contributed by atoms with E-state index in [0.29, 0.717) is 25.3 Å². The fourth-order valence-electron chi connectivity index (χ4n) is 3.20. The zero-order valence-electron chi connectivity index (χ0n) is 22.6. The zero-order valence-corrected chi connectivity index (χ0v) is 23.4. The number of rotatable bonds is 14. The van der Waals surface area contributed by atoms with Crippen LogP contribution in [0.15, 0.2) is 46.9 Å². The third kappa shape index (κ3) is 11.9. The highest BCUT2D eigenvalue weighted by Crippen LogP contribution is 2.31. The number of ether oxygens (including phenoxy) is 2. The van der Waals surface area contributed by atoms with Crippen LogP contribution in [0.3, 0.4) is 0 Å². The molecule has 0 unspecified atom stereocenters. The van der Waals surface area contributed by atoms with E-state index in [1.165, 1.54) is 7.11 Å². The number of carbonyl (C=O) groups excluding carboxylic acids is 2. The predicted octanol–water partition coefficient (Wildman–Crippen LogP) is 4.10. The Kier molecular flexibility index (Phi) is 16.1. The number of amides is 1. The van der Waals surface area contributed by atoms with Gasteiger partial charge in [0.25, 0.3) is 0 Å². The van der Waals surface area contributed by atoms with Gasteiger partial charge in [0, 0.05) is 69.1 Å². The third-order valence-corrected chi connectivity index (χ3v) is 5.34. The maximum atomic E-state index is 11.5. The fourth-order valence-corrected chi connectivity index (χ4v) is 3.68. The molecule has 0 spiro atoms. The molecule has 0 saturated carbocycles. The summed E-state index contributed by atoms with van der Waals surface area (Å²) in [6, 6.07) is 9.58. The number of hydrogen-bond donors (Lipinski definition) is 2. The molecule has 1 aromatic heterocycles. The second-order valence-corrected chi connectivity index (χ2v) is 8.39. The number of anilines is 1. The van der Waals surface area contributed by atoms with Crippen LogP contribution in [0.1, 0.15) is 35.0 Å². The van der Waals surface area contributed by atoms with E-state index in [4.69, 9.17) is 9.47 Å². The second kappa shape index (κ2) is 18.8. The van der Waals surface area contributed by atoms with Gasteiger partial charge in [0.15, 0.2) is 6.29 Å². The highest BCUT2D eigenvalue weighted by atomic mass is 32.2. The van der Waals surface area contributed by atoms with Crippen LogP contribution < -0.4 is 15.4 Å². The van der Waals surface area contributed by atoms with Crippen LogP contribution in [-0.4, -0.2) is 82.2 Å². The molecule has 2 aromatic rings. The summed E-state index contributed by atoms with van der Waals surface area (Å²) in [6.45, 7) is 5.85. The average Bonchev–Trinajstić information content (AvgIpc) is 2.90. The van der Waals surface area contributed by atoms with Gasteiger partial charge in [-0.15, -0.1) is 11.8 Å². The van der Waals surface area contributed by atoms with Gasteiger partial charge in [-0.25, -0.2) is 0 Å². The zero-order chi connectivity index (χ0) is 27.5. The number of aryl methyl sites for hydroxylation is 1. The van der Waals surface area contributed by atoms with E-state index in [-0.39, 0.29) is 12.5 Å². The standard InChI is InChI=1S/C20H32N4O3S.C7H7NO/c1-6-27-16-8-9-17(18(12-16)22-3)19(14-28-5)24(15-21-2)11-7-10-23-20(25)13-26-4;1-6-2-3-7(5-9)4-8-6/h8-9,12,14-15,22H,6-7,10-11,13H2,1-5H3,(H,23,25);2-5H,1H3/b19-14-,21-15?;. The van der Waals surface area contributed by atoms with Gasteiger partial charge in [-0.3, -0.25) is 19.6 Å². The van der Waals surface area contributed by atoms with Crippen molar-refractivity contribution in [2.75, 3.05) is 59.1 Å². The SMILES string of the molecule is CCOc1ccc(/C(=C/SC)N(C=NC)CCCNC(=O)COC)c(NC)c1.Cc1ccc(C=O)cn1. The minimum atomic E-state index is -0.109. The lowest BCUT2D eigenvalue weighted by molar-refractivity contribution is -0.124. The van der Waals surface area contributed by atoms with Gasteiger partial charge in [0.05, 0.1) is 18.6 Å². The summed E-state index contributed by atoms with van der Waals surface area (Å²) in [6.07, 6.45) is 6.96. The molecule has 1 heterocycles. The molecule has 2 N–H and O–H groups in total. The van der Waals surface area contributed by atoms with Crippen molar-refractivity contribution in [1.82, 2.24) is 15.2 Å². The lowest BCUT2D eigenvalue weighted by Crippen LogP contribution is -2.31. The highest BCUT2D eigenvalue weighted by molar-refractivity contribution is 8.01. The Balaban J connectivity index is 0.000000635. The molecule has 1 amide bonds. The summed E-state index contributed by atoms with van der Waals surface area (Å²) in [5.41, 5.74) is 4.63. The Morgan fingerprint density at radius 1 is 1.27 bits per heavy atom. The van der Waals surface area contributed by atoms with Crippen molar-refractivity contribution in [3.05, 3.63) is 58.8 Å². The second-order valence-electron chi connectivity index (χ2n) is 7.68. The topological polar surface area (TPSA) is 105 Å². The number of pyridine rings is 1. The molecular formula is C27H39N5O4S. The van der Waals surface area contributed by atoms with E-state index in [1.807, 2.05) is 51.7 Å². The first-order valence-electron chi connectivity index (χ1n) is 11.9. The van der Waals surface area contributed by atoms with Gasteiger partial charge in [-0.05, 0) is 56.2 Å². The number of benzene rings is 1. The first-order chi connectivity index (χ1) is 17.9. The number of hydrogen-bond acceptors (Lipinski definition) is 8. The number of aromatic nitrogens is 1. The summed E-state index contributed by atoms with van der Waals surface area (Å²) in [5, 5.41) is 8.20. The number of methoxy groups -OCH3 is 1. The van der Waals surface area contributed by atoms with E-state index in [0.717, 1.165) is 41.1 Å². The van der Waals surface area contributed by atoms with Crippen molar-refractivity contribution in [2.45, 2.75) is 20.3 Å². The Morgan fingerprint density at radius 2 is 2.05 bits per heavy atom. The number of carbonyl (C=O) groups is 2. The number of nitrogens with one attached hydrogen (secondary N) is 2. The van der Waals surface area contributed by atoms with Gasteiger partial charge >= 0.3 is 0 Å². The van der Waals surface area contributed by atoms with E-state index >= 15 is 0 Å². The van der Waals surface area contributed by atoms with E-state index < -0.39 is 0 Å².